The van der Waals surface area contributed by atoms with Crippen LogP contribution in [0.3, 0.4) is 0 Å². The van der Waals surface area contributed by atoms with Crippen LogP contribution in [-0.2, 0) is 14.3 Å². The lowest BCUT2D eigenvalue weighted by molar-refractivity contribution is -0.187. The summed E-state index contributed by atoms with van der Waals surface area (Å²) in [6, 6.07) is 5.74. The van der Waals surface area contributed by atoms with Crippen molar-refractivity contribution in [1.82, 2.24) is 4.90 Å². The molecule has 1 aromatic rings. The number of carbonyl (C=O) groups excluding carboxylic acids is 1. The predicted molar refractivity (Wildman–Crippen MR) is 92.4 cm³/mol. The number of benzene rings is 1. The van der Waals surface area contributed by atoms with Gasteiger partial charge in [-0.05, 0) is 47.5 Å². The summed E-state index contributed by atoms with van der Waals surface area (Å²) in [5.41, 5.74) is 1.96. The molecule has 1 amide bonds. The second-order valence-electron chi connectivity index (χ2n) is 6.29. The molecule has 1 atom stereocenters. The Bertz CT molecular complexity index is 577. The van der Waals surface area contributed by atoms with Crippen LogP contribution in [0.2, 0.25) is 0 Å². The highest BCUT2D eigenvalue weighted by Gasteiger charge is 2.41. The largest absolute Gasteiger partial charge is 0.347 e. The van der Waals surface area contributed by atoms with Gasteiger partial charge in [0.15, 0.2) is 5.79 Å². The van der Waals surface area contributed by atoms with Crippen LogP contribution >= 0.6 is 15.9 Å². The normalized spacial score (nSPS) is 22.2. The standard InChI is InChI=1S/C17H23BrN2O3/c1-12-3-4-15(14(18)11-12)19-16(21)13(2)20-7-5-17(6-8-20)22-9-10-23-17/h3-4,11,13H,5-10H2,1-2H3,(H,19,21). The van der Waals surface area contributed by atoms with Gasteiger partial charge in [-0.3, -0.25) is 9.69 Å². The van der Waals surface area contributed by atoms with Crippen molar-refractivity contribution in [3.8, 4) is 0 Å². The first kappa shape index (κ1) is 16.9. The maximum Gasteiger partial charge on any atom is 0.241 e. The fraction of sp³-hybridized carbons (Fsp3) is 0.588. The van der Waals surface area contributed by atoms with Crippen LogP contribution < -0.4 is 5.32 Å². The summed E-state index contributed by atoms with van der Waals surface area (Å²) < 4.78 is 12.4. The smallest absolute Gasteiger partial charge is 0.241 e. The Balaban J connectivity index is 1.57. The molecule has 3 rings (SSSR count). The van der Waals surface area contributed by atoms with Crippen molar-refractivity contribution in [3.63, 3.8) is 0 Å². The minimum absolute atomic E-state index is 0.0127. The molecule has 6 heteroatoms. The number of ether oxygens (including phenoxy) is 2. The van der Waals surface area contributed by atoms with Crippen LogP contribution in [0, 0.1) is 6.92 Å². The molecule has 23 heavy (non-hydrogen) atoms. The highest BCUT2D eigenvalue weighted by atomic mass is 79.9. The molecule has 1 spiro atoms. The molecule has 1 unspecified atom stereocenters. The molecule has 5 nitrogen and oxygen atoms in total. The van der Waals surface area contributed by atoms with Crippen molar-refractivity contribution in [3.05, 3.63) is 28.2 Å². The van der Waals surface area contributed by atoms with Gasteiger partial charge in [0.1, 0.15) is 0 Å². The van der Waals surface area contributed by atoms with E-state index in [1.54, 1.807) is 0 Å². The second kappa shape index (κ2) is 6.89. The third-order valence-electron chi connectivity index (χ3n) is 4.68. The third kappa shape index (κ3) is 3.76. The Morgan fingerprint density at radius 1 is 1.30 bits per heavy atom. The van der Waals surface area contributed by atoms with Gasteiger partial charge in [0.2, 0.25) is 5.91 Å². The van der Waals surface area contributed by atoms with E-state index in [2.05, 4.69) is 26.1 Å². The topological polar surface area (TPSA) is 50.8 Å². The van der Waals surface area contributed by atoms with E-state index in [0.29, 0.717) is 13.2 Å². The summed E-state index contributed by atoms with van der Waals surface area (Å²) in [5, 5.41) is 3.01. The summed E-state index contributed by atoms with van der Waals surface area (Å²) >= 11 is 3.50. The Labute approximate surface area is 145 Å². The third-order valence-corrected chi connectivity index (χ3v) is 5.34. The summed E-state index contributed by atoms with van der Waals surface area (Å²) in [6.07, 6.45) is 1.64. The Morgan fingerprint density at radius 2 is 1.96 bits per heavy atom. The molecule has 0 saturated carbocycles. The number of rotatable bonds is 3. The van der Waals surface area contributed by atoms with Gasteiger partial charge < -0.3 is 14.8 Å². The molecule has 2 aliphatic rings. The molecule has 0 aromatic heterocycles. The van der Waals surface area contributed by atoms with Gasteiger partial charge in [-0.2, -0.15) is 0 Å². The fourth-order valence-electron chi connectivity index (χ4n) is 3.16. The number of anilines is 1. The molecule has 1 aromatic carbocycles. The first-order valence-electron chi connectivity index (χ1n) is 8.08. The highest BCUT2D eigenvalue weighted by Crippen LogP contribution is 2.32. The zero-order valence-electron chi connectivity index (χ0n) is 13.6. The van der Waals surface area contributed by atoms with Crippen LogP contribution in [0.4, 0.5) is 5.69 Å². The first-order valence-corrected chi connectivity index (χ1v) is 8.87. The van der Waals surface area contributed by atoms with Crippen LogP contribution in [-0.4, -0.2) is 48.9 Å². The average Bonchev–Trinajstić information content (AvgIpc) is 2.98. The number of hydrogen-bond acceptors (Lipinski definition) is 4. The Kier molecular flexibility index (Phi) is 5.06. The maximum absolute atomic E-state index is 12.5. The van der Waals surface area contributed by atoms with Crippen molar-refractivity contribution < 1.29 is 14.3 Å². The first-order chi connectivity index (χ1) is 11.0. The number of likely N-dealkylation sites (tertiary alicyclic amines) is 1. The number of nitrogens with one attached hydrogen (secondary N) is 1. The number of halogens is 1. The molecule has 0 radical (unpaired) electrons. The van der Waals surface area contributed by atoms with Gasteiger partial charge in [-0.1, -0.05) is 6.07 Å². The van der Waals surface area contributed by atoms with E-state index in [1.165, 1.54) is 0 Å². The summed E-state index contributed by atoms with van der Waals surface area (Å²) in [5.74, 6) is -0.383. The van der Waals surface area contributed by atoms with Gasteiger partial charge in [-0.25, -0.2) is 0 Å². The predicted octanol–water partition coefficient (Wildman–Crippen LogP) is 2.92. The lowest BCUT2D eigenvalue weighted by atomic mass is 10.0. The van der Waals surface area contributed by atoms with Crippen molar-refractivity contribution in [1.29, 1.82) is 0 Å². The SMILES string of the molecule is Cc1ccc(NC(=O)C(C)N2CCC3(CC2)OCCO3)c(Br)c1. The molecule has 126 valence electrons. The van der Waals surface area contributed by atoms with E-state index in [4.69, 9.17) is 9.47 Å². The summed E-state index contributed by atoms with van der Waals surface area (Å²) in [6.45, 7) is 6.95. The zero-order chi connectivity index (χ0) is 16.4. The molecular formula is C17H23BrN2O3. The van der Waals surface area contributed by atoms with Crippen LogP contribution in [0.25, 0.3) is 0 Å². The van der Waals surface area contributed by atoms with Gasteiger partial charge in [-0.15, -0.1) is 0 Å². The number of hydrogen-bond donors (Lipinski definition) is 1. The van der Waals surface area contributed by atoms with Crippen molar-refractivity contribution in [2.75, 3.05) is 31.6 Å². The zero-order valence-corrected chi connectivity index (χ0v) is 15.2. The lowest BCUT2D eigenvalue weighted by Gasteiger charge is -2.39. The van der Waals surface area contributed by atoms with E-state index in [1.807, 2.05) is 32.0 Å². The number of nitrogens with zero attached hydrogens (tertiary/aromatic N) is 1. The van der Waals surface area contributed by atoms with Crippen molar-refractivity contribution >= 4 is 27.5 Å². The average molecular weight is 383 g/mol. The van der Waals surface area contributed by atoms with E-state index in [0.717, 1.165) is 41.7 Å². The number of carbonyl (C=O) groups is 1. The molecule has 2 fully saturated rings. The van der Waals surface area contributed by atoms with Gasteiger partial charge in [0.25, 0.3) is 0 Å². The fourth-order valence-corrected chi connectivity index (χ4v) is 3.75. The van der Waals surface area contributed by atoms with Crippen LogP contribution in [0.1, 0.15) is 25.3 Å². The van der Waals surface area contributed by atoms with Crippen LogP contribution in [0.15, 0.2) is 22.7 Å². The van der Waals surface area contributed by atoms with E-state index in [-0.39, 0.29) is 11.9 Å². The van der Waals surface area contributed by atoms with E-state index in [9.17, 15) is 4.79 Å². The minimum atomic E-state index is -0.396. The molecule has 1 N–H and O–H groups in total. The molecular weight excluding hydrogens is 360 g/mol. The number of amides is 1. The molecule has 2 aliphatic heterocycles. The molecule has 2 heterocycles. The summed E-state index contributed by atoms with van der Waals surface area (Å²) in [7, 11) is 0. The molecule has 0 bridgehead atoms. The minimum Gasteiger partial charge on any atom is -0.347 e. The van der Waals surface area contributed by atoms with E-state index >= 15 is 0 Å². The van der Waals surface area contributed by atoms with Gasteiger partial charge in [0.05, 0.1) is 24.9 Å². The van der Waals surface area contributed by atoms with Gasteiger partial charge >= 0.3 is 0 Å². The Morgan fingerprint density at radius 3 is 2.57 bits per heavy atom. The van der Waals surface area contributed by atoms with Gasteiger partial charge in [0, 0.05) is 30.4 Å². The van der Waals surface area contributed by atoms with Crippen LogP contribution in [0.5, 0.6) is 0 Å². The maximum atomic E-state index is 12.5. The molecule has 0 aliphatic carbocycles. The monoisotopic (exact) mass is 382 g/mol. The quantitative estimate of drug-likeness (QED) is 0.872. The van der Waals surface area contributed by atoms with Crippen molar-refractivity contribution in [2.24, 2.45) is 0 Å². The van der Waals surface area contributed by atoms with Crippen molar-refractivity contribution in [2.45, 2.75) is 38.5 Å². The Hall–Kier alpha value is -0.950. The molecule has 2 saturated heterocycles. The number of piperidine rings is 1. The number of aryl methyl sites for hydroxylation is 1. The highest BCUT2D eigenvalue weighted by molar-refractivity contribution is 9.10. The summed E-state index contributed by atoms with van der Waals surface area (Å²) in [4.78, 5) is 14.7. The second-order valence-corrected chi connectivity index (χ2v) is 7.15. The van der Waals surface area contributed by atoms with E-state index < -0.39 is 5.79 Å². The lowest BCUT2D eigenvalue weighted by Crippen LogP contribution is -2.51.